The molecule has 1 aromatic heterocycles. The molecule has 0 aromatic carbocycles. The van der Waals surface area contributed by atoms with Gasteiger partial charge >= 0.3 is 0 Å². The summed E-state index contributed by atoms with van der Waals surface area (Å²) >= 11 is 0. The molecule has 1 atom stereocenters. The van der Waals surface area contributed by atoms with E-state index >= 15 is 0 Å². The van der Waals surface area contributed by atoms with Gasteiger partial charge in [0, 0.05) is 56.6 Å². The maximum absolute atomic E-state index is 4.69. The van der Waals surface area contributed by atoms with Crippen LogP contribution < -0.4 is 0 Å². The van der Waals surface area contributed by atoms with Crippen LogP contribution in [0.3, 0.4) is 0 Å². The summed E-state index contributed by atoms with van der Waals surface area (Å²) in [5.74, 6) is 0.835. The molecule has 0 bridgehead atoms. The van der Waals surface area contributed by atoms with E-state index in [-0.39, 0.29) is 0 Å². The van der Waals surface area contributed by atoms with Crippen LogP contribution in [0, 0.1) is 12.8 Å². The molecule has 2 aliphatic heterocycles. The second-order valence-corrected chi connectivity index (χ2v) is 10.6. The lowest BCUT2D eigenvalue weighted by Crippen LogP contribution is -2.46. The van der Waals surface area contributed by atoms with E-state index in [0.717, 1.165) is 31.5 Å². The Kier molecular flexibility index (Phi) is 8.86. The molecule has 0 N–H and O–H groups in total. The van der Waals surface area contributed by atoms with E-state index in [4.69, 9.17) is 5.10 Å². The molecule has 3 aliphatic rings. The highest BCUT2D eigenvalue weighted by Crippen LogP contribution is 2.28. The van der Waals surface area contributed by atoms with Crippen LogP contribution in [0.5, 0.6) is 0 Å². The van der Waals surface area contributed by atoms with Crippen molar-refractivity contribution in [1.29, 1.82) is 0 Å². The van der Waals surface area contributed by atoms with Gasteiger partial charge in [0.2, 0.25) is 0 Å². The van der Waals surface area contributed by atoms with Gasteiger partial charge in [-0.15, -0.1) is 0 Å². The number of hydrogen-bond acceptors (Lipinski definition) is 4. The monoisotopic (exact) mass is 429 g/mol. The summed E-state index contributed by atoms with van der Waals surface area (Å²) in [6.07, 6.45) is 16.1. The lowest BCUT2D eigenvalue weighted by Gasteiger charge is -2.39. The average Bonchev–Trinajstić information content (AvgIpc) is 3.45. The van der Waals surface area contributed by atoms with E-state index in [9.17, 15) is 0 Å². The first-order valence-electron chi connectivity index (χ1n) is 13.4. The minimum absolute atomic E-state index is 0.835. The van der Waals surface area contributed by atoms with Crippen LogP contribution in [0.1, 0.15) is 82.4 Å². The van der Waals surface area contributed by atoms with Crippen molar-refractivity contribution in [1.82, 2.24) is 24.5 Å². The summed E-state index contributed by atoms with van der Waals surface area (Å²) in [5, 5.41) is 4.69. The molecule has 1 saturated carbocycles. The Balaban J connectivity index is 1.37. The molecule has 1 aromatic rings. The third-order valence-corrected chi connectivity index (χ3v) is 8.12. The van der Waals surface area contributed by atoms with Crippen LogP contribution in [0.25, 0.3) is 0 Å². The Morgan fingerprint density at radius 3 is 2.55 bits per heavy atom. The number of aromatic nitrogens is 2. The average molecular weight is 430 g/mol. The second kappa shape index (κ2) is 11.8. The number of nitrogens with zero attached hydrogens (tertiary/aromatic N) is 5. The lowest BCUT2D eigenvalue weighted by atomic mass is 9.95. The van der Waals surface area contributed by atoms with E-state index < -0.39 is 0 Å². The smallest absolute Gasteiger partial charge is 0.0537 e. The first kappa shape index (κ1) is 23.3. The van der Waals surface area contributed by atoms with E-state index in [1.54, 1.807) is 0 Å². The number of likely N-dealkylation sites (tertiary alicyclic amines) is 2. The molecule has 3 heterocycles. The van der Waals surface area contributed by atoms with Crippen LogP contribution in [0.2, 0.25) is 0 Å². The number of rotatable bonds is 10. The van der Waals surface area contributed by atoms with Crippen LogP contribution in [0.4, 0.5) is 0 Å². The lowest BCUT2D eigenvalue weighted by molar-refractivity contribution is 0.0911. The van der Waals surface area contributed by atoms with Crippen molar-refractivity contribution < 1.29 is 0 Å². The quantitative estimate of drug-likeness (QED) is 0.546. The molecule has 4 rings (SSSR count). The van der Waals surface area contributed by atoms with Crippen molar-refractivity contribution in [3.05, 3.63) is 17.5 Å². The molecule has 3 fully saturated rings. The Bertz CT molecular complexity index is 644. The van der Waals surface area contributed by atoms with Crippen molar-refractivity contribution in [2.45, 2.75) is 97.2 Å². The molecule has 5 heteroatoms. The summed E-state index contributed by atoms with van der Waals surface area (Å²) in [7, 11) is 0. The number of hydrogen-bond donors (Lipinski definition) is 0. The van der Waals surface area contributed by atoms with Gasteiger partial charge in [-0.3, -0.25) is 9.58 Å². The first-order valence-corrected chi connectivity index (χ1v) is 13.4. The van der Waals surface area contributed by atoms with Gasteiger partial charge in [0.1, 0.15) is 0 Å². The van der Waals surface area contributed by atoms with Crippen molar-refractivity contribution in [2.75, 3.05) is 45.8 Å². The van der Waals surface area contributed by atoms with E-state index in [0.29, 0.717) is 0 Å². The fourth-order valence-corrected chi connectivity index (χ4v) is 6.23. The summed E-state index contributed by atoms with van der Waals surface area (Å²) in [6.45, 7) is 15.6. The normalized spacial score (nSPS) is 24.4. The third-order valence-electron chi connectivity index (χ3n) is 8.12. The summed E-state index contributed by atoms with van der Waals surface area (Å²) in [6, 6.07) is 0.888. The molecule has 0 radical (unpaired) electrons. The third kappa shape index (κ3) is 6.55. The van der Waals surface area contributed by atoms with Gasteiger partial charge in [0.15, 0.2) is 0 Å². The molecule has 0 spiro atoms. The first-order chi connectivity index (χ1) is 15.2. The summed E-state index contributed by atoms with van der Waals surface area (Å²) in [4.78, 5) is 8.34. The Morgan fingerprint density at radius 1 is 0.968 bits per heavy atom. The molecule has 5 nitrogen and oxygen atoms in total. The molecule has 2 saturated heterocycles. The zero-order chi connectivity index (χ0) is 21.5. The summed E-state index contributed by atoms with van der Waals surface area (Å²) < 4.78 is 2.21. The zero-order valence-electron chi connectivity index (χ0n) is 20.4. The predicted molar refractivity (Wildman–Crippen MR) is 129 cm³/mol. The molecular formula is C26H47N5. The van der Waals surface area contributed by atoms with Gasteiger partial charge in [0.05, 0.1) is 6.20 Å². The highest BCUT2D eigenvalue weighted by molar-refractivity contribution is 5.16. The molecule has 176 valence electrons. The topological polar surface area (TPSA) is 27.5 Å². The van der Waals surface area contributed by atoms with E-state index in [2.05, 4.69) is 39.4 Å². The number of piperidine rings is 2. The maximum atomic E-state index is 4.69. The highest BCUT2D eigenvalue weighted by atomic mass is 15.3. The maximum Gasteiger partial charge on any atom is 0.0537 e. The standard InChI is InChI=1S/C26H47N5/c1-3-13-31-23(2)25(19-27-31)22-29(18-17-28-14-7-4-8-15-28)20-24-10-9-16-30(21-24)26-11-5-6-12-26/h19,24,26H,3-18,20-22H2,1-2H3/t24-/m0/s1. The minimum Gasteiger partial charge on any atom is -0.302 e. The Labute approximate surface area is 191 Å². The van der Waals surface area contributed by atoms with Gasteiger partial charge in [0.25, 0.3) is 0 Å². The molecule has 31 heavy (non-hydrogen) atoms. The largest absolute Gasteiger partial charge is 0.302 e. The molecule has 0 unspecified atom stereocenters. The van der Waals surface area contributed by atoms with Crippen molar-refractivity contribution in [3.8, 4) is 0 Å². The van der Waals surface area contributed by atoms with Crippen LogP contribution >= 0.6 is 0 Å². The zero-order valence-corrected chi connectivity index (χ0v) is 20.4. The predicted octanol–water partition coefficient (Wildman–Crippen LogP) is 4.54. The SMILES string of the molecule is CCCn1ncc(CN(CCN2CCCCC2)C[C@@H]2CCCN(C3CCCC3)C2)c1C. The number of aryl methyl sites for hydroxylation is 1. The minimum atomic E-state index is 0.835. The van der Waals surface area contributed by atoms with Crippen LogP contribution in [-0.2, 0) is 13.1 Å². The van der Waals surface area contributed by atoms with Crippen molar-refractivity contribution >= 4 is 0 Å². The fraction of sp³-hybridized carbons (Fsp3) is 0.885. The van der Waals surface area contributed by atoms with Gasteiger partial charge in [-0.25, -0.2) is 0 Å². The van der Waals surface area contributed by atoms with Crippen LogP contribution in [-0.4, -0.2) is 76.3 Å². The molecular weight excluding hydrogens is 382 g/mol. The van der Waals surface area contributed by atoms with Crippen molar-refractivity contribution in [2.24, 2.45) is 5.92 Å². The molecule has 0 amide bonds. The van der Waals surface area contributed by atoms with E-state index in [1.807, 2.05) is 0 Å². The fourth-order valence-electron chi connectivity index (χ4n) is 6.23. The van der Waals surface area contributed by atoms with Crippen molar-refractivity contribution in [3.63, 3.8) is 0 Å². The second-order valence-electron chi connectivity index (χ2n) is 10.6. The van der Waals surface area contributed by atoms with Gasteiger partial charge in [-0.1, -0.05) is 26.2 Å². The van der Waals surface area contributed by atoms with Gasteiger partial charge in [-0.2, -0.15) is 5.10 Å². The highest BCUT2D eigenvalue weighted by Gasteiger charge is 2.29. The van der Waals surface area contributed by atoms with Gasteiger partial charge in [-0.05, 0) is 77.4 Å². The van der Waals surface area contributed by atoms with Gasteiger partial charge < -0.3 is 9.80 Å². The van der Waals surface area contributed by atoms with Crippen LogP contribution in [0.15, 0.2) is 6.20 Å². The Hall–Kier alpha value is -0.910. The van der Waals surface area contributed by atoms with E-state index in [1.165, 1.54) is 115 Å². The Morgan fingerprint density at radius 2 is 1.77 bits per heavy atom. The summed E-state index contributed by atoms with van der Waals surface area (Å²) in [5.41, 5.74) is 2.82. The molecule has 1 aliphatic carbocycles.